The number of aromatic hydroxyl groups is 3. The van der Waals surface area contributed by atoms with Crippen molar-refractivity contribution in [1.82, 2.24) is 47.4 Å². The normalized spacial score (nSPS) is 15.4. The number of benzene rings is 4. The second-order valence-electron chi connectivity index (χ2n) is 20.8. The Hall–Kier alpha value is -9.81. The molecule has 0 bridgehead atoms. The van der Waals surface area contributed by atoms with Crippen LogP contribution in [-0.2, 0) is 83.2 Å². The SMILES string of the molecule is CSCC[C@H](NC(=O)[C@H](CO)NC(=O)[C@H](Cc1ccc(O)cc1)NC(=O)[C@H](Cc1ccccc1)NC(=O)[C@H](Cc1ccc(O)cc1)NC(=O)[C@H](CC(N)=O)NC(=O)[C@@H]1CCCN1C(=O)CN)C(=O)N[C@@H](CC(=O)O)C(=O)N[C@@H](Cc1ccc(O)cc1)C(=O)O. The van der Waals surface area contributed by atoms with Gasteiger partial charge in [0.2, 0.25) is 59.1 Å². The number of carboxylic acids is 2. The fourth-order valence-electron chi connectivity index (χ4n) is 9.40. The molecular weight excluding hydrogens is 1180 g/mol. The van der Waals surface area contributed by atoms with E-state index in [2.05, 4.69) is 42.5 Å². The summed E-state index contributed by atoms with van der Waals surface area (Å²) in [6, 6.07) is 9.93. The van der Waals surface area contributed by atoms with E-state index in [-0.39, 0.29) is 68.1 Å². The first-order valence-corrected chi connectivity index (χ1v) is 29.4. The summed E-state index contributed by atoms with van der Waals surface area (Å²) in [5, 5.41) is 79.4. The van der Waals surface area contributed by atoms with Gasteiger partial charge in [0.15, 0.2) is 0 Å². The number of thioether (sulfide) groups is 1. The van der Waals surface area contributed by atoms with Crippen molar-refractivity contribution in [1.29, 1.82) is 0 Å². The van der Waals surface area contributed by atoms with Crippen LogP contribution in [0.15, 0.2) is 103 Å². The molecule has 1 saturated heterocycles. The molecule has 1 aliphatic rings. The van der Waals surface area contributed by atoms with Crippen LogP contribution in [0.3, 0.4) is 0 Å². The maximum Gasteiger partial charge on any atom is 0.326 e. The molecule has 478 valence electrons. The van der Waals surface area contributed by atoms with Crippen molar-refractivity contribution in [2.24, 2.45) is 11.5 Å². The molecule has 0 spiro atoms. The van der Waals surface area contributed by atoms with Crippen LogP contribution in [0, 0.1) is 0 Å². The van der Waals surface area contributed by atoms with E-state index in [1.165, 1.54) is 89.5 Å². The van der Waals surface area contributed by atoms with Crippen LogP contribution >= 0.6 is 11.8 Å². The van der Waals surface area contributed by atoms with Crippen molar-refractivity contribution < 1.29 is 88.2 Å². The molecule has 30 heteroatoms. The average molecular weight is 1260 g/mol. The lowest BCUT2D eigenvalue weighted by Gasteiger charge is -2.28. The Morgan fingerprint density at radius 2 is 0.876 bits per heavy atom. The number of hydrogen-bond acceptors (Lipinski definition) is 18. The number of carbonyl (C=O) groups excluding carboxylic acids is 10. The Kier molecular flexibility index (Phi) is 27.1. The van der Waals surface area contributed by atoms with E-state index >= 15 is 0 Å². The number of hydrogen-bond donors (Lipinski definition) is 16. The standard InChI is InChI=1S/C59H73N11O18S/c1-89-23-21-39(51(79)66-44(29-50(77)78)56(84)68-45(59(87)88)27-35-13-19-38(74)20-14-35)62-57(85)46(31-71)69-54(82)42(26-34-11-17-37(73)18-12-34)64-52(80)40(24-32-6-3-2-4-7-32)63-53(81)41(25-33-9-15-36(72)16-10-33)65-55(83)43(28-48(61)75)67-58(86)47-8-5-22-70(47)49(76)30-60/h2-4,6-7,9-20,39-47,71-74H,5,8,21-31,60H2,1H3,(H2,61,75)(H,62,85)(H,63,81)(H,64,80)(H,65,83)(H,66,79)(H,67,86)(H,68,84)(H,69,82)(H,77,78)(H,87,88)/t39-,40-,41-,42-,43-,44-,45-,46-,47-/m0/s1. The zero-order chi connectivity index (χ0) is 65.3. The highest BCUT2D eigenvalue weighted by atomic mass is 32.2. The first kappa shape index (κ1) is 70.0. The third-order valence-corrected chi connectivity index (χ3v) is 14.7. The number of phenolic OH excluding ortho intramolecular Hbond substituents is 3. The largest absolute Gasteiger partial charge is 0.508 e. The fraction of sp³-hybridized carbons (Fsp3) is 0.390. The van der Waals surface area contributed by atoms with Crippen molar-refractivity contribution in [2.45, 2.75) is 112 Å². The number of nitrogens with two attached hydrogens (primary N) is 2. The van der Waals surface area contributed by atoms with Gasteiger partial charge in [-0.2, -0.15) is 11.8 Å². The molecule has 4 aromatic carbocycles. The Labute approximate surface area is 514 Å². The maximum absolute atomic E-state index is 14.8. The zero-order valence-electron chi connectivity index (χ0n) is 48.3. The Morgan fingerprint density at radius 3 is 1.29 bits per heavy atom. The van der Waals surface area contributed by atoms with E-state index in [1.807, 2.05) is 0 Å². The van der Waals surface area contributed by atoms with Gasteiger partial charge in [0, 0.05) is 32.2 Å². The van der Waals surface area contributed by atoms with Crippen LogP contribution in [0.1, 0.15) is 54.4 Å². The van der Waals surface area contributed by atoms with E-state index in [0.717, 1.165) is 0 Å². The first-order valence-electron chi connectivity index (χ1n) is 28.0. The van der Waals surface area contributed by atoms with E-state index in [4.69, 9.17) is 11.5 Å². The van der Waals surface area contributed by atoms with Gasteiger partial charge in [-0.3, -0.25) is 52.7 Å². The average Bonchev–Trinajstić information content (AvgIpc) is 3.19. The van der Waals surface area contributed by atoms with Crippen molar-refractivity contribution >= 4 is 82.8 Å². The monoisotopic (exact) mass is 1260 g/mol. The zero-order valence-corrected chi connectivity index (χ0v) is 49.1. The van der Waals surface area contributed by atoms with Crippen LogP contribution in [0.4, 0.5) is 0 Å². The summed E-state index contributed by atoms with van der Waals surface area (Å²) >= 11 is 1.22. The molecule has 89 heavy (non-hydrogen) atoms. The summed E-state index contributed by atoms with van der Waals surface area (Å²) in [5.74, 6) is -13.4. The Balaban J connectivity index is 1.40. The van der Waals surface area contributed by atoms with Crippen molar-refractivity contribution in [2.75, 3.05) is 31.7 Å². The molecule has 5 rings (SSSR count). The number of likely N-dealkylation sites (tertiary alicyclic amines) is 1. The maximum atomic E-state index is 14.8. The second kappa shape index (κ2) is 34.5. The Morgan fingerprint density at radius 1 is 0.506 bits per heavy atom. The quantitative estimate of drug-likeness (QED) is 0.0223. The van der Waals surface area contributed by atoms with Gasteiger partial charge in [0.25, 0.3) is 0 Å². The summed E-state index contributed by atoms with van der Waals surface area (Å²) < 4.78 is 0. The van der Waals surface area contributed by atoms with E-state index in [0.29, 0.717) is 28.7 Å². The predicted octanol–water partition coefficient (Wildman–Crippen LogP) is -2.92. The van der Waals surface area contributed by atoms with Crippen LogP contribution in [0.5, 0.6) is 17.2 Å². The van der Waals surface area contributed by atoms with Crippen LogP contribution in [0.25, 0.3) is 0 Å². The molecule has 9 atom stereocenters. The molecule has 1 heterocycles. The minimum absolute atomic E-state index is 0.113. The van der Waals surface area contributed by atoms with Gasteiger partial charge in [-0.15, -0.1) is 0 Å². The highest BCUT2D eigenvalue weighted by Crippen LogP contribution is 2.19. The highest BCUT2D eigenvalue weighted by Gasteiger charge is 2.39. The van der Waals surface area contributed by atoms with Gasteiger partial charge in [0.05, 0.1) is 26.0 Å². The van der Waals surface area contributed by atoms with Crippen LogP contribution in [0.2, 0.25) is 0 Å². The van der Waals surface area contributed by atoms with E-state index in [1.54, 1.807) is 36.6 Å². The summed E-state index contributed by atoms with van der Waals surface area (Å²) in [6.45, 7) is -1.31. The molecule has 4 aromatic rings. The number of primary amides is 1. The number of carboxylic acid groups (broad SMARTS) is 2. The lowest BCUT2D eigenvalue weighted by molar-refractivity contribution is -0.143. The summed E-state index contributed by atoms with van der Waals surface area (Å²) in [7, 11) is 0. The second-order valence-corrected chi connectivity index (χ2v) is 21.8. The third kappa shape index (κ3) is 22.4. The fourth-order valence-corrected chi connectivity index (χ4v) is 9.87. The summed E-state index contributed by atoms with van der Waals surface area (Å²) in [6.07, 6.45) is -0.896. The molecule has 1 aliphatic heterocycles. The van der Waals surface area contributed by atoms with E-state index < -0.39 is 151 Å². The predicted molar refractivity (Wildman–Crippen MR) is 319 cm³/mol. The van der Waals surface area contributed by atoms with Gasteiger partial charge in [-0.25, -0.2) is 4.79 Å². The van der Waals surface area contributed by atoms with Gasteiger partial charge < -0.3 is 89.5 Å². The van der Waals surface area contributed by atoms with Crippen LogP contribution < -0.4 is 54.0 Å². The molecule has 0 aromatic heterocycles. The van der Waals surface area contributed by atoms with Crippen molar-refractivity contribution in [3.63, 3.8) is 0 Å². The number of aliphatic hydroxyl groups is 1. The number of phenols is 3. The Bertz CT molecular complexity index is 3140. The van der Waals surface area contributed by atoms with Crippen LogP contribution in [-0.4, -0.2) is 193 Å². The minimum atomic E-state index is -1.89. The number of rotatable bonds is 34. The van der Waals surface area contributed by atoms with Gasteiger partial charge >= 0.3 is 11.9 Å². The number of amides is 10. The molecule has 0 unspecified atom stereocenters. The molecule has 10 amide bonds. The number of aliphatic hydroxyl groups excluding tert-OH is 1. The molecule has 0 radical (unpaired) electrons. The number of nitrogens with zero attached hydrogens (tertiary/aromatic N) is 1. The van der Waals surface area contributed by atoms with Gasteiger partial charge in [-0.05, 0) is 89.9 Å². The topological polar surface area (TPSA) is 478 Å². The third-order valence-electron chi connectivity index (χ3n) is 14.1. The minimum Gasteiger partial charge on any atom is -0.508 e. The molecule has 1 fully saturated rings. The van der Waals surface area contributed by atoms with Gasteiger partial charge in [0.1, 0.15) is 71.6 Å². The molecule has 0 aliphatic carbocycles. The summed E-state index contributed by atoms with van der Waals surface area (Å²) in [4.78, 5) is 163. The number of nitrogens with one attached hydrogen (secondary N) is 8. The first-order chi connectivity index (χ1) is 42.4. The molecular formula is C59H73N11O18S. The number of aliphatic carboxylic acids is 2. The smallest absolute Gasteiger partial charge is 0.326 e. The molecule has 0 saturated carbocycles. The van der Waals surface area contributed by atoms with Crippen molar-refractivity contribution in [3.05, 3.63) is 125 Å². The lowest BCUT2D eigenvalue weighted by Crippen LogP contribution is -2.61. The number of carbonyl (C=O) groups is 12. The van der Waals surface area contributed by atoms with Crippen molar-refractivity contribution in [3.8, 4) is 17.2 Å². The van der Waals surface area contributed by atoms with Gasteiger partial charge in [-0.1, -0.05) is 66.7 Å². The molecule has 29 nitrogen and oxygen atoms in total. The lowest BCUT2D eigenvalue weighted by atomic mass is 10.0. The van der Waals surface area contributed by atoms with E-state index in [9.17, 15) is 88.2 Å². The molecule has 18 N–H and O–H groups in total. The highest BCUT2D eigenvalue weighted by molar-refractivity contribution is 7.98. The summed E-state index contributed by atoms with van der Waals surface area (Å²) in [5.41, 5.74) is 12.6.